The molecule has 9 aliphatic heterocycles. The highest BCUT2D eigenvalue weighted by Crippen LogP contribution is 2.22. The fourth-order valence-corrected chi connectivity index (χ4v) is 8.25. The van der Waals surface area contributed by atoms with Gasteiger partial charge in [-0.1, -0.05) is 125 Å². The van der Waals surface area contributed by atoms with Crippen molar-refractivity contribution in [1.82, 2.24) is 21.3 Å². The smallest absolute Gasteiger partial charge is 0.0832 e. The van der Waals surface area contributed by atoms with Gasteiger partial charge in [-0.05, 0) is 162 Å². The van der Waals surface area contributed by atoms with Crippen LogP contribution in [0.25, 0.3) is 0 Å². The summed E-state index contributed by atoms with van der Waals surface area (Å²) < 4.78 is 25.8. The lowest BCUT2D eigenvalue weighted by Crippen LogP contribution is -2.46. The molecule has 4 N–H and O–H groups in total. The maximum atomic E-state index is 5.41. The molecule has 0 spiro atoms. The van der Waals surface area contributed by atoms with E-state index in [0.29, 0.717) is 18.3 Å². The van der Waals surface area contributed by atoms with Crippen LogP contribution in [0.1, 0.15) is 176 Å². The molecule has 0 aromatic carbocycles. The summed E-state index contributed by atoms with van der Waals surface area (Å²) in [6.07, 6.45) is 12.4. The van der Waals surface area contributed by atoms with Gasteiger partial charge in [0.25, 0.3) is 0 Å². The summed E-state index contributed by atoms with van der Waals surface area (Å²) in [5.74, 6) is 10.9. The molecule has 0 aliphatic carbocycles. The van der Waals surface area contributed by atoms with Gasteiger partial charge in [0, 0.05) is 44.4 Å². The largest absolute Gasteiger partial charge is 0.381 e. The summed E-state index contributed by atoms with van der Waals surface area (Å²) in [7, 11) is 0. The first-order valence-corrected chi connectivity index (χ1v) is 28.1. The Hall–Kier alpha value is -0.360. The van der Waals surface area contributed by atoms with Crippen molar-refractivity contribution in [2.24, 2.45) is 76.9 Å². The zero-order chi connectivity index (χ0) is 49.6. The lowest BCUT2D eigenvalue weighted by Gasteiger charge is -2.30. The minimum atomic E-state index is 0.565. The first-order valence-electron chi connectivity index (χ1n) is 28.1. The Morgan fingerprint density at radius 3 is 0.909 bits per heavy atom. The third-order valence-corrected chi connectivity index (χ3v) is 15.2. The van der Waals surface area contributed by atoms with Crippen molar-refractivity contribution in [2.45, 2.75) is 206 Å². The van der Waals surface area contributed by atoms with Gasteiger partial charge in [0.05, 0.1) is 38.1 Å². The van der Waals surface area contributed by atoms with E-state index < -0.39 is 0 Å². The van der Waals surface area contributed by atoms with Crippen molar-refractivity contribution in [3.05, 3.63) is 0 Å². The standard InChI is InChI=1S/2C7H15N.2C7H14O.2C6H13N.2C6H12O.C5H10O/c1-6(2)7-3-4-8-5-7;1-6(2)7-4-3-5-8-7;1-6(2)7-3-4-8-5-7;1-6(2)7-4-3-5-8-7;1-5(2)6-3-7-4-6;1-5(2)6-3-4-7-6;1-5(2)6-3-7-4-6;1-5(2)6-3-4-7-6;1-4(2)5-3-6-5/h2*6-8H,3-5H2,1-2H3;2*6-7H,3-5H2,1-2H3;2*5-7H,3-4H2,1-2H3;2*5-6H,3-4H2,1-2H3;4-5H,3H2,1-2H3. The first kappa shape index (κ1) is 63.7. The Balaban J connectivity index is 0.000000372. The van der Waals surface area contributed by atoms with Crippen LogP contribution in [0.3, 0.4) is 0 Å². The quantitative estimate of drug-likeness (QED) is 0.169. The van der Waals surface area contributed by atoms with Gasteiger partial charge in [-0.15, -0.1) is 0 Å². The second-order valence-corrected chi connectivity index (χ2v) is 24.0. The third-order valence-electron chi connectivity index (χ3n) is 15.2. The molecule has 9 saturated heterocycles. The second kappa shape index (κ2) is 37.4. The van der Waals surface area contributed by atoms with E-state index in [1.807, 2.05) is 0 Å². The molecule has 7 unspecified atom stereocenters. The molecular weight excluding hydrogens is 821 g/mol. The van der Waals surface area contributed by atoms with Crippen LogP contribution in [0.15, 0.2) is 0 Å². The van der Waals surface area contributed by atoms with E-state index in [9.17, 15) is 0 Å². The Morgan fingerprint density at radius 1 is 0.318 bits per heavy atom. The van der Waals surface area contributed by atoms with E-state index in [1.165, 1.54) is 90.6 Å². The lowest BCUT2D eigenvalue weighted by molar-refractivity contribution is -0.0763. The normalized spacial score (nSPS) is 28.5. The van der Waals surface area contributed by atoms with Gasteiger partial charge in [0.15, 0.2) is 0 Å². The Bertz CT molecular complexity index is 907. The highest BCUT2D eigenvalue weighted by molar-refractivity contribution is 4.80. The molecule has 9 fully saturated rings. The van der Waals surface area contributed by atoms with Gasteiger partial charge in [-0.2, -0.15) is 0 Å². The van der Waals surface area contributed by atoms with Gasteiger partial charge < -0.3 is 45.0 Å². The molecule has 0 bridgehead atoms. The van der Waals surface area contributed by atoms with Crippen LogP contribution in [0.4, 0.5) is 0 Å². The summed E-state index contributed by atoms with van der Waals surface area (Å²) in [4.78, 5) is 0. The van der Waals surface area contributed by atoms with Gasteiger partial charge >= 0.3 is 0 Å². The zero-order valence-corrected chi connectivity index (χ0v) is 47.3. The summed E-state index contributed by atoms with van der Waals surface area (Å²) in [6.45, 7) is 54.9. The van der Waals surface area contributed by atoms with Crippen molar-refractivity contribution < 1.29 is 23.7 Å². The minimum Gasteiger partial charge on any atom is -0.381 e. The van der Waals surface area contributed by atoms with E-state index in [4.69, 9.17) is 23.7 Å². The van der Waals surface area contributed by atoms with Gasteiger partial charge in [-0.25, -0.2) is 0 Å². The van der Waals surface area contributed by atoms with Crippen molar-refractivity contribution in [3.63, 3.8) is 0 Å². The van der Waals surface area contributed by atoms with Crippen LogP contribution in [-0.4, -0.2) is 116 Å². The Kier molecular flexibility index (Phi) is 36.1. The highest BCUT2D eigenvalue weighted by atomic mass is 16.6. The fraction of sp³-hybridized carbons (Fsp3) is 1.00. The molecule has 9 heterocycles. The first-order chi connectivity index (χ1) is 31.2. The summed E-state index contributed by atoms with van der Waals surface area (Å²) in [5.41, 5.74) is 0. The Labute approximate surface area is 412 Å². The van der Waals surface area contributed by atoms with Crippen LogP contribution in [0.5, 0.6) is 0 Å². The lowest BCUT2D eigenvalue weighted by atomic mass is 9.91. The number of hydrogen-bond donors (Lipinski definition) is 4. The minimum absolute atomic E-state index is 0.565. The average molecular weight is 940 g/mol. The van der Waals surface area contributed by atoms with Gasteiger partial charge in [0.2, 0.25) is 0 Å². The monoisotopic (exact) mass is 939 g/mol. The summed E-state index contributed by atoms with van der Waals surface area (Å²) >= 11 is 0. The Morgan fingerprint density at radius 2 is 0.788 bits per heavy atom. The SMILES string of the molecule is CC(C)C1CCCN1.CC(C)C1CCCO1.CC(C)C1CCN1.CC(C)C1CCNC1.CC(C)C1CCO1.CC(C)C1CCOC1.CC(C)C1CNC1.CC(C)C1CO1.CC(C)C1COC1. The molecule has 9 nitrogen and oxygen atoms in total. The molecule has 396 valence electrons. The van der Waals surface area contributed by atoms with Crippen LogP contribution < -0.4 is 21.3 Å². The van der Waals surface area contributed by atoms with Crippen LogP contribution in [0.2, 0.25) is 0 Å². The molecule has 0 saturated carbocycles. The van der Waals surface area contributed by atoms with E-state index in [1.54, 1.807) is 0 Å². The van der Waals surface area contributed by atoms with Crippen LogP contribution in [0, 0.1) is 76.9 Å². The maximum absolute atomic E-state index is 5.41. The fourth-order valence-electron chi connectivity index (χ4n) is 8.25. The van der Waals surface area contributed by atoms with E-state index >= 15 is 0 Å². The third kappa shape index (κ3) is 30.4. The number of nitrogens with one attached hydrogen (secondary N) is 4. The maximum Gasteiger partial charge on any atom is 0.0832 e. The molecule has 0 amide bonds. The van der Waals surface area contributed by atoms with Crippen LogP contribution in [-0.2, 0) is 23.7 Å². The predicted molar refractivity (Wildman–Crippen MR) is 285 cm³/mol. The predicted octanol–water partition coefficient (Wildman–Crippen LogP) is 11.8. The van der Waals surface area contributed by atoms with E-state index in [0.717, 1.165) is 135 Å². The number of rotatable bonds is 9. The highest BCUT2D eigenvalue weighted by Gasteiger charge is 2.26. The molecule has 9 heteroatoms. The van der Waals surface area contributed by atoms with Gasteiger partial charge in [-0.3, -0.25) is 0 Å². The second-order valence-electron chi connectivity index (χ2n) is 24.0. The van der Waals surface area contributed by atoms with Crippen LogP contribution >= 0.6 is 0 Å². The summed E-state index contributed by atoms with van der Waals surface area (Å²) in [6, 6.07) is 1.65. The number of epoxide rings is 1. The number of hydrogen-bond acceptors (Lipinski definition) is 9. The van der Waals surface area contributed by atoms with Crippen molar-refractivity contribution in [3.8, 4) is 0 Å². The zero-order valence-electron chi connectivity index (χ0n) is 47.3. The topological polar surface area (TPSA) is 97.6 Å². The molecule has 9 rings (SSSR count). The molecule has 0 radical (unpaired) electrons. The van der Waals surface area contributed by atoms with E-state index in [2.05, 4.69) is 146 Å². The average Bonchev–Trinajstić information content (AvgIpc) is 3.75. The van der Waals surface area contributed by atoms with Crippen molar-refractivity contribution in [1.29, 1.82) is 0 Å². The molecule has 9 aliphatic rings. The molecular formula is C57H118N4O5. The molecule has 0 aromatic rings. The van der Waals surface area contributed by atoms with E-state index in [-0.39, 0.29) is 0 Å². The van der Waals surface area contributed by atoms with Gasteiger partial charge in [0.1, 0.15) is 0 Å². The summed E-state index contributed by atoms with van der Waals surface area (Å²) in [5, 5.41) is 13.4. The van der Waals surface area contributed by atoms with Crippen molar-refractivity contribution in [2.75, 3.05) is 85.5 Å². The number of ether oxygens (including phenoxy) is 5. The molecule has 7 atom stereocenters. The van der Waals surface area contributed by atoms with Crippen molar-refractivity contribution >= 4 is 0 Å². The molecule has 66 heavy (non-hydrogen) atoms. The molecule has 0 aromatic heterocycles.